The topological polar surface area (TPSA) is 60.2 Å². The first kappa shape index (κ1) is 14.7. The van der Waals surface area contributed by atoms with Gasteiger partial charge in [-0.3, -0.25) is 4.79 Å². The lowest BCUT2D eigenvalue weighted by Gasteiger charge is -2.27. The number of nitrogens with one attached hydrogen (secondary N) is 3. The Kier molecular flexibility index (Phi) is 5.51. The van der Waals surface area contributed by atoms with E-state index in [1.807, 2.05) is 0 Å². The van der Waals surface area contributed by atoms with Crippen LogP contribution in [-0.4, -0.2) is 55.1 Å². The van der Waals surface area contributed by atoms with Crippen molar-refractivity contribution in [2.75, 3.05) is 39.3 Å². The summed E-state index contributed by atoms with van der Waals surface area (Å²) in [4.78, 5) is 16.9. The Morgan fingerprint density at radius 2 is 2.11 bits per heavy atom. The van der Waals surface area contributed by atoms with Crippen molar-refractivity contribution in [1.82, 2.24) is 20.5 Å². The molecular weight excluding hydrogens is 287 g/mol. The number of hydrogen-bond acceptors (Lipinski definition) is 3. The molecule has 1 saturated heterocycles. The third kappa shape index (κ3) is 4.38. The fraction of sp³-hybridized carbons (Fsp3) is 0.583. The number of carbonyl (C=O) groups is 1. The van der Waals surface area contributed by atoms with Gasteiger partial charge in [-0.1, -0.05) is 23.2 Å². The van der Waals surface area contributed by atoms with Crippen LogP contribution in [0.3, 0.4) is 0 Å². The molecule has 1 aliphatic heterocycles. The predicted octanol–water partition coefficient (Wildman–Crippen LogP) is 1.35. The van der Waals surface area contributed by atoms with Gasteiger partial charge in [0.05, 0.1) is 5.02 Å². The summed E-state index contributed by atoms with van der Waals surface area (Å²) in [7, 11) is 0. The number of aromatic amines is 1. The Hall–Kier alpha value is -0.750. The number of H-pyrrole nitrogens is 1. The first-order valence-corrected chi connectivity index (χ1v) is 7.17. The maximum atomic E-state index is 11.8. The molecule has 7 heteroatoms. The summed E-state index contributed by atoms with van der Waals surface area (Å²) in [6.07, 6.45) is 0.938. The number of rotatable bonds is 5. The van der Waals surface area contributed by atoms with Crippen LogP contribution in [-0.2, 0) is 0 Å². The minimum Gasteiger partial charge on any atom is -0.351 e. The smallest absolute Gasteiger partial charge is 0.267 e. The Bertz CT molecular complexity index is 410. The van der Waals surface area contributed by atoms with Gasteiger partial charge in [0.2, 0.25) is 0 Å². The van der Waals surface area contributed by atoms with Crippen LogP contribution in [0.2, 0.25) is 10.2 Å². The van der Waals surface area contributed by atoms with Gasteiger partial charge in [-0.05, 0) is 19.0 Å². The lowest BCUT2D eigenvalue weighted by Crippen LogP contribution is -2.44. The second kappa shape index (κ2) is 7.14. The minimum absolute atomic E-state index is 0.172. The molecule has 0 aliphatic carbocycles. The van der Waals surface area contributed by atoms with Crippen molar-refractivity contribution < 1.29 is 4.79 Å². The number of nitrogens with zero attached hydrogens (tertiary/aromatic N) is 1. The molecule has 1 amide bonds. The molecule has 0 atom stereocenters. The number of amides is 1. The first-order chi connectivity index (χ1) is 9.16. The van der Waals surface area contributed by atoms with Gasteiger partial charge in [0.25, 0.3) is 5.91 Å². The lowest BCUT2D eigenvalue weighted by molar-refractivity contribution is 0.0947. The maximum Gasteiger partial charge on any atom is 0.267 e. The summed E-state index contributed by atoms with van der Waals surface area (Å²) in [5.41, 5.74) is 0.400. The van der Waals surface area contributed by atoms with E-state index in [2.05, 4.69) is 20.5 Å². The van der Waals surface area contributed by atoms with Crippen LogP contribution < -0.4 is 10.6 Å². The van der Waals surface area contributed by atoms with Crippen molar-refractivity contribution in [2.24, 2.45) is 0 Å². The van der Waals surface area contributed by atoms with E-state index in [4.69, 9.17) is 23.2 Å². The number of halogens is 2. The molecular formula is C12H18Cl2N4O. The fourth-order valence-corrected chi connectivity index (χ4v) is 2.37. The van der Waals surface area contributed by atoms with Crippen LogP contribution in [0.15, 0.2) is 6.07 Å². The standard InChI is InChI=1S/C12H18Cl2N4O/c13-9-8-10(17-11(9)14)12(19)16-2-1-5-18-6-3-15-4-7-18/h8,15,17H,1-7H2,(H,16,19). The zero-order valence-electron chi connectivity index (χ0n) is 10.6. The number of carbonyl (C=O) groups excluding carboxylic acids is 1. The van der Waals surface area contributed by atoms with Crippen LogP contribution >= 0.6 is 23.2 Å². The van der Waals surface area contributed by atoms with Gasteiger partial charge in [-0.25, -0.2) is 0 Å². The average molecular weight is 305 g/mol. The molecule has 0 unspecified atom stereocenters. The highest BCUT2D eigenvalue weighted by atomic mass is 35.5. The molecule has 1 aromatic heterocycles. The van der Waals surface area contributed by atoms with Crippen LogP contribution in [0.5, 0.6) is 0 Å². The van der Waals surface area contributed by atoms with E-state index in [9.17, 15) is 4.79 Å². The van der Waals surface area contributed by atoms with E-state index in [0.29, 0.717) is 22.4 Å². The van der Waals surface area contributed by atoms with Crippen LogP contribution in [0.1, 0.15) is 16.9 Å². The number of hydrogen-bond donors (Lipinski definition) is 3. The second-order valence-electron chi connectivity index (χ2n) is 4.55. The first-order valence-electron chi connectivity index (χ1n) is 6.42. The van der Waals surface area contributed by atoms with Crippen molar-refractivity contribution >= 4 is 29.1 Å². The van der Waals surface area contributed by atoms with E-state index in [-0.39, 0.29) is 5.91 Å². The van der Waals surface area contributed by atoms with Crippen molar-refractivity contribution in [1.29, 1.82) is 0 Å². The van der Waals surface area contributed by atoms with E-state index in [1.165, 1.54) is 6.07 Å². The van der Waals surface area contributed by atoms with E-state index < -0.39 is 0 Å². The molecule has 0 saturated carbocycles. The van der Waals surface area contributed by atoms with Crippen molar-refractivity contribution in [3.05, 3.63) is 21.9 Å². The van der Waals surface area contributed by atoms with E-state index in [0.717, 1.165) is 39.1 Å². The van der Waals surface area contributed by atoms with Crippen LogP contribution in [0, 0.1) is 0 Å². The third-order valence-electron chi connectivity index (χ3n) is 3.12. The minimum atomic E-state index is -0.172. The molecule has 0 spiro atoms. The molecule has 0 aromatic carbocycles. The Morgan fingerprint density at radius 1 is 1.37 bits per heavy atom. The third-order valence-corrected chi connectivity index (χ3v) is 3.81. The zero-order valence-corrected chi connectivity index (χ0v) is 12.2. The molecule has 106 valence electrons. The summed E-state index contributed by atoms with van der Waals surface area (Å²) >= 11 is 11.5. The molecule has 19 heavy (non-hydrogen) atoms. The fourth-order valence-electron chi connectivity index (χ4n) is 2.06. The SMILES string of the molecule is O=C(NCCCN1CCNCC1)c1cc(Cl)c(Cl)[nH]1. The van der Waals surface area contributed by atoms with Crippen molar-refractivity contribution in [2.45, 2.75) is 6.42 Å². The van der Waals surface area contributed by atoms with Crippen LogP contribution in [0.4, 0.5) is 0 Å². The molecule has 2 rings (SSSR count). The van der Waals surface area contributed by atoms with E-state index in [1.54, 1.807) is 0 Å². The van der Waals surface area contributed by atoms with Gasteiger partial charge in [-0.2, -0.15) is 0 Å². The monoisotopic (exact) mass is 304 g/mol. The highest BCUT2D eigenvalue weighted by molar-refractivity contribution is 6.41. The highest BCUT2D eigenvalue weighted by Gasteiger charge is 2.12. The molecule has 1 aliphatic rings. The molecule has 3 N–H and O–H groups in total. The maximum absolute atomic E-state index is 11.8. The lowest BCUT2D eigenvalue weighted by atomic mass is 10.3. The Balaban J connectivity index is 1.66. The van der Waals surface area contributed by atoms with Gasteiger partial charge in [-0.15, -0.1) is 0 Å². The predicted molar refractivity (Wildman–Crippen MR) is 77.1 cm³/mol. The normalized spacial score (nSPS) is 16.5. The van der Waals surface area contributed by atoms with E-state index >= 15 is 0 Å². The quantitative estimate of drug-likeness (QED) is 0.720. The van der Waals surface area contributed by atoms with Gasteiger partial charge in [0.15, 0.2) is 0 Å². The highest BCUT2D eigenvalue weighted by Crippen LogP contribution is 2.21. The Labute approximate surface area is 122 Å². The molecule has 1 aromatic rings. The van der Waals surface area contributed by atoms with Crippen molar-refractivity contribution in [3.63, 3.8) is 0 Å². The van der Waals surface area contributed by atoms with Gasteiger partial charge in [0, 0.05) is 32.7 Å². The average Bonchev–Trinajstić information content (AvgIpc) is 2.76. The molecule has 0 bridgehead atoms. The summed E-state index contributed by atoms with van der Waals surface area (Å²) in [6.45, 7) is 5.91. The van der Waals surface area contributed by atoms with Gasteiger partial charge < -0.3 is 20.5 Å². The molecule has 5 nitrogen and oxygen atoms in total. The number of piperazine rings is 1. The number of aromatic nitrogens is 1. The van der Waals surface area contributed by atoms with Gasteiger partial charge in [0.1, 0.15) is 10.8 Å². The Morgan fingerprint density at radius 3 is 2.74 bits per heavy atom. The zero-order chi connectivity index (χ0) is 13.7. The largest absolute Gasteiger partial charge is 0.351 e. The van der Waals surface area contributed by atoms with Crippen LogP contribution in [0.25, 0.3) is 0 Å². The molecule has 1 fully saturated rings. The summed E-state index contributed by atoms with van der Waals surface area (Å²) in [5.74, 6) is -0.172. The second-order valence-corrected chi connectivity index (χ2v) is 5.33. The van der Waals surface area contributed by atoms with Gasteiger partial charge >= 0.3 is 0 Å². The molecule has 0 radical (unpaired) electrons. The summed E-state index contributed by atoms with van der Waals surface area (Å²) in [5, 5.41) is 6.83. The summed E-state index contributed by atoms with van der Waals surface area (Å²) in [6, 6.07) is 1.54. The van der Waals surface area contributed by atoms with Crippen molar-refractivity contribution in [3.8, 4) is 0 Å². The molecule has 2 heterocycles. The summed E-state index contributed by atoms with van der Waals surface area (Å²) < 4.78 is 0.